The van der Waals surface area contributed by atoms with Crippen LogP contribution in [0.25, 0.3) is 99.6 Å². The largest absolute Gasteiger partial charge is 0.374 e. The van der Waals surface area contributed by atoms with Crippen molar-refractivity contribution in [1.29, 1.82) is 0 Å². The van der Waals surface area contributed by atoms with Crippen LogP contribution in [0.1, 0.15) is 22.7 Å². The van der Waals surface area contributed by atoms with E-state index in [1.165, 1.54) is 88.1 Å². The number of dihydropyridines is 1. The van der Waals surface area contributed by atoms with Gasteiger partial charge in [0.15, 0.2) is 0 Å². The quantitative estimate of drug-likeness (QED) is 0.161. The first-order chi connectivity index (χ1) is 33.7. The summed E-state index contributed by atoms with van der Waals surface area (Å²) in [7, 11) is 0. The van der Waals surface area contributed by atoms with Gasteiger partial charge < -0.3 is 14.5 Å². The second-order valence-electron chi connectivity index (χ2n) is 17.8. The average molecular weight is 868 g/mol. The van der Waals surface area contributed by atoms with Crippen LogP contribution in [0.5, 0.6) is 0 Å². The fraction of sp³-hybridized carbons (Fsp3) is 0.0154. The van der Waals surface area contributed by atoms with E-state index < -0.39 is 0 Å². The molecule has 3 heterocycles. The minimum atomic E-state index is -0.0819. The van der Waals surface area contributed by atoms with E-state index in [2.05, 4.69) is 275 Å². The number of fused-ring (bicyclic) bond motifs is 6. The summed E-state index contributed by atoms with van der Waals surface area (Å²) in [5, 5.41) is 9.05. The van der Waals surface area contributed by atoms with Gasteiger partial charge in [-0.15, -0.1) is 0 Å². The number of para-hydroxylation sites is 4. The molecule has 3 heteroatoms. The Bertz CT molecular complexity index is 3830. The Hall–Kier alpha value is -8.92. The van der Waals surface area contributed by atoms with E-state index in [-0.39, 0.29) is 6.04 Å². The van der Waals surface area contributed by atoms with E-state index in [1.54, 1.807) is 0 Å². The maximum Gasteiger partial charge on any atom is 0.0707 e. The van der Waals surface area contributed by atoms with Crippen molar-refractivity contribution in [3.05, 3.63) is 278 Å². The number of hydrogen-bond donors (Lipinski definition) is 1. The minimum Gasteiger partial charge on any atom is -0.374 e. The summed E-state index contributed by atoms with van der Waals surface area (Å²) in [5.41, 5.74) is 20.0. The zero-order valence-corrected chi connectivity index (χ0v) is 37.3. The number of aromatic nitrogens is 2. The van der Waals surface area contributed by atoms with E-state index in [9.17, 15) is 0 Å². The molecule has 0 amide bonds. The predicted octanol–water partition coefficient (Wildman–Crippen LogP) is 16.7. The minimum absolute atomic E-state index is 0.0819. The van der Waals surface area contributed by atoms with Crippen molar-refractivity contribution in [2.75, 3.05) is 0 Å². The molecule has 1 aliphatic rings. The first-order valence-corrected chi connectivity index (χ1v) is 23.4. The van der Waals surface area contributed by atoms with Crippen molar-refractivity contribution in [2.24, 2.45) is 0 Å². The summed E-state index contributed by atoms with van der Waals surface area (Å²) in [6, 6.07) is 90.3. The molecule has 1 N–H and O–H groups in total. The number of nitrogens with one attached hydrogen (secondary N) is 1. The highest BCUT2D eigenvalue weighted by molar-refractivity contribution is 6.10. The number of hydrogen-bond acceptors (Lipinski definition) is 1. The molecule has 0 bridgehead atoms. The van der Waals surface area contributed by atoms with Crippen LogP contribution < -0.4 is 5.32 Å². The van der Waals surface area contributed by atoms with Crippen molar-refractivity contribution >= 4 is 54.9 Å². The highest BCUT2D eigenvalue weighted by Gasteiger charge is 2.21. The molecule has 13 rings (SSSR count). The zero-order chi connectivity index (χ0) is 45.0. The molecule has 0 saturated heterocycles. The van der Waals surface area contributed by atoms with Crippen LogP contribution in [0.3, 0.4) is 0 Å². The molecule has 0 fully saturated rings. The number of rotatable bonds is 8. The molecule has 12 aromatic rings. The van der Waals surface area contributed by atoms with Crippen LogP contribution in [0.4, 0.5) is 0 Å². The average Bonchev–Trinajstić information content (AvgIpc) is 3.94. The Morgan fingerprint density at radius 3 is 1.24 bits per heavy atom. The molecule has 1 atom stereocenters. The molecule has 10 aromatic carbocycles. The first-order valence-electron chi connectivity index (χ1n) is 23.4. The lowest BCUT2D eigenvalue weighted by Gasteiger charge is -2.26. The summed E-state index contributed by atoms with van der Waals surface area (Å²) in [6.07, 6.45) is 4.70. The van der Waals surface area contributed by atoms with E-state index in [4.69, 9.17) is 0 Å². The van der Waals surface area contributed by atoms with Crippen LogP contribution in [0, 0.1) is 0 Å². The third-order valence-electron chi connectivity index (χ3n) is 13.7. The van der Waals surface area contributed by atoms with Gasteiger partial charge in [0.2, 0.25) is 0 Å². The predicted molar refractivity (Wildman–Crippen MR) is 286 cm³/mol. The van der Waals surface area contributed by atoms with Crippen LogP contribution in [0.15, 0.2) is 261 Å². The lowest BCUT2D eigenvalue weighted by molar-refractivity contribution is 0.767. The molecular weight excluding hydrogens is 823 g/mol. The van der Waals surface area contributed by atoms with Gasteiger partial charge in [-0.25, -0.2) is 0 Å². The standard InChI is InChI=1S/C65H45N3/c1-2-16-44(17-3-1)45-34-36-46(37-35-45)53-42-60(51-22-12-18-47(38-51)49-20-14-24-54(40-49)67-62-30-8-4-26-56(62)57-27-5-9-31-63(57)67)66-61(43-53)52-23-13-19-48(39-52)50-21-15-25-55(41-50)68-64-32-10-6-28-58(64)59-29-7-11-33-65(59)68/h1-43,60,66H. The highest BCUT2D eigenvalue weighted by atomic mass is 15.0. The molecule has 0 spiro atoms. The van der Waals surface area contributed by atoms with E-state index in [1.807, 2.05) is 0 Å². The van der Waals surface area contributed by atoms with Crippen molar-refractivity contribution in [3.63, 3.8) is 0 Å². The van der Waals surface area contributed by atoms with Crippen molar-refractivity contribution in [3.8, 4) is 44.8 Å². The molecule has 2 aromatic heterocycles. The molecule has 1 aliphatic heterocycles. The maximum absolute atomic E-state index is 4.00. The third-order valence-corrected chi connectivity index (χ3v) is 13.7. The topological polar surface area (TPSA) is 21.9 Å². The number of allylic oxidation sites excluding steroid dienone is 2. The molecule has 68 heavy (non-hydrogen) atoms. The van der Waals surface area contributed by atoms with Crippen LogP contribution in [0.2, 0.25) is 0 Å². The smallest absolute Gasteiger partial charge is 0.0707 e. The van der Waals surface area contributed by atoms with Crippen molar-refractivity contribution < 1.29 is 0 Å². The number of nitrogens with zero attached hydrogens (tertiary/aromatic N) is 2. The zero-order valence-electron chi connectivity index (χ0n) is 37.3. The Balaban J connectivity index is 0.879. The van der Waals surface area contributed by atoms with E-state index in [0.29, 0.717) is 0 Å². The lowest BCUT2D eigenvalue weighted by atomic mass is 9.91. The lowest BCUT2D eigenvalue weighted by Crippen LogP contribution is -2.21. The highest BCUT2D eigenvalue weighted by Crippen LogP contribution is 2.38. The van der Waals surface area contributed by atoms with Gasteiger partial charge in [-0.3, -0.25) is 0 Å². The fourth-order valence-electron chi connectivity index (χ4n) is 10.5. The Labute approximate surface area is 395 Å². The number of benzene rings is 10. The van der Waals surface area contributed by atoms with Gasteiger partial charge in [0.25, 0.3) is 0 Å². The fourth-order valence-corrected chi connectivity index (χ4v) is 10.5. The Kier molecular flexibility index (Phi) is 9.57. The van der Waals surface area contributed by atoms with Gasteiger partial charge in [0.1, 0.15) is 0 Å². The van der Waals surface area contributed by atoms with Crippen LogP contribution in [-0.4, -0.2) is 9.13 Å². The molecule has 0 radical (unpaired) electrons. The SMILES string of the molecule is C1=C(c2ccc(-c3ccccc3)cc2)C=C(c2cccc(-c3cccc(-n4c5ccccc5c5ccccc54)c3)c2)NC1c1cccc(-c2cccc(-n3c4ccccc4c4ccccc43)c2)c1. The normalized spacial score (nSPS) is 13.7. The van der Waals surface area contributed by atoms with Gasteiger partial charge in [-0.2, -0.15) is 0 Å². The summed E-state index contributed by atoms with van der Waals surface area (Å²) in [4.78, 5) is 0. The van der Waals surface area contributed by atoms with Crippen molar-refractivity contribution in [1.82, 2.24) is 14.5 Å². The molecule has 0 aliphatic carbocycles. The molecular formula is C65H45N3. The third kappa shape index (κ3) is 6.92. The van der Waals surface area contributed by atoms with Gasteiger partial charge >= 0.3 is 0 Å². The van der Waals surface area contributed by atoms with Gasteiger partial charge in [0.05, 0.1) is 28.1 Å². The Morgan fingerprint density at radius 2 is 0.691 bits per heavy atom. The van der Waals surface area contributed by atoms with Crippen LogP contribution in [-0.2, 0) is 0 Å². The summed E-state index contributed by atoms with van der Waals surface area (Å²) < 4.78 is 4.79. The second-order valence-corrected chi connectivity index (χ2v) is 17.8. The van der Waals surface area contributed by atoms with Gasteiger partial charge in [-0.1, -0.05) is 188 Å². The van der Waals surface area contributed by atoms with E-state index in [0.717, 1.165) is 28.2 Å². The summed E-state index contributed by atoms with van der Waals surface area (Å²) in [5.74, 6) is 0. The summed E-state index contributed by atoms with van der Waals surface area (Å²) >= 11 is 0. The molecule has 1 unspecified atom stereocenters. The Morgan fingerprint density at radius 1 is 0.294 bits per heavy atom. The summed E-state index contributed by atoms with van der Waals surface area (Å²) in [6.45, 7) is 0. The maximum atomic E-state index is 4.00. The molecule has 3 nitrogen and oxygen atoms in total. The van der Waals surface area contributed by atoms with Crippen LogP contribution >= 0.6 is 0 Å². The second kappa shape index (κ2) is 16.5. The first kappa shape index (κ1) is 39.4. The van der Waals surface area contributed by atoms with Crippen molar-refractivity contribution in [2.45, 2.75) is 6.04 Å². The van der Waals surface area contributed by atoms with E-state index >= 15 is 0 Å². The van der Waals surface area contributed by atoms with Gasteiger partial charge in [-0.05, 0) is 128 Å². The monoisotopic (exact) mass is 867 g/mol. The van der Waals surface area contributed by atoms with Gasteiger partial charge in [0, 0.05) is 38.6 Å². The molecule has 320 valence electrons. The molecule has 0 saturated carbocycles.